The van der Waals surface area contributed by atoms with Crippen LogP contribution in [0, 0.1) is 0 Å². The molecule has 3 rings (SSSR count). The molecule has 82 valence electrons. The van der Waals surface area contributed by atoms with Crippen LogP contribution in [-0.2, 0) is 13.0 Å². The van der Waals surface area contributed by atoms with Crippen LogP contribution in [0.5, 0.6) is 0 Å². The van der Waals surface area contributed by atoms with E-state index in [1.807, 2.05) is 12.3 Å². The molecule has 0 radical (unpaired) electrons. The second kappa shape index (κ2) is 3.97. The summed E-state index contributed by atoms with van der Waals surface area (Å²) in [5.74, 6) is 0.685. The fraction of sp³-hybridized carbons (Fsp3) is 0.400. The number of aromatic amines is 1. The highest BCUT2D eigenvalue weighted by molar-refractivity contribution is 5.27. The minimum absolute atomic E-state index is 0.315. The lowest BCUT2D eigenvalue weighted by molar-refractivity contribution is 0.511. The lowest BCUT2D eigenvalue weighted by Gasteiger charge is -2.10. The van der Waals surface area contributed by atoms with E-state index in [1.165, 1.54) is 5.56 Å². The zero-order valence-electron chi connectivity index (χ0n) is 8.72. The average Bonchev–Trinajstić information content (AvgIpc) is 2.96. The number of rotatable bonds is 3. The number of hydrogen-bond donors (Lipinski definition) is 2. The zero-order chi connectivity index (χ0) is 10.8. The van der Waals surface area contributed by atoms with Gasteiger partial charge >= 0.3 is 0 Å². The van der Waals surface area contributed by atoms with Gasteiger partial charge in [0.05, 0.1) is 18.3 Å². The van der Waals surface area contributed by atoms with Gasteiger partial charge < -0.3 is 5.32 Å². The molecule has 2 aromatic heterocycles. The van der Waals surface area contributed by atoms with Gasteiger partial charge in [0.15, 0.2) is 5.82 Å². The summed E-state index contributed by atoms with van der Waals surface area (Å²) in [4.78, 5) is 4.41. The van der Waals surface area contributed by atoms with Crippen LogP contribution in [0.25, 0.3) is 0 Å². The fourth-order valence-electron chi connectivity index (χ4n) is 2.08. The number of tetrazole rings is 1. The predicted molar refractivity (Wildman–Crippen MR) is 56.3 cm³/mol. The van der Waals surface area contributed by atoms with Gasteiger partial charge in [0.25, 0.3) is 0 Å². The highest BCUT2D eigenvalue weighted by atomic mass is 15.5. The molecule has 2 aromatic rings. The first-order chi connectivity index (χ1) is 7.93. The number of fused-ring (bicyclic) bond motifs is 1. The molecule has 0 bridgehead atoms. The van der Waals surface area contributed by atoms with Crippen LogP contribution >= 0.6 is 0 Å². The van der Waals surface area contributed by atoms with Gasteiger partial charge in [0.1, 0.15) is 0 Å². The second-order valence-electron chi connectivity index (χ2n) is 3.85. The highest BCUT2D eigenvalue weighted by Crippen LogP contribution is 2.28. The van der Waals surface area contributed by atoms with Crippen molar-refractivity contribution < 1.29 is 0 Å². The van der Waals surface area contributed by atoms with Crippen molar-refractivity contribution in [1.82, 2.24) is 30.9 Å². The Bertz CT molecular complexity index is 466. The van der Waals surface area contributed by atoms with Crippen LogP contribution in [0.2, 0.25) is 0 Å². The van der Waals surface area contributed by atoms with Crippen molar-refractivity contribution >= 4 is 0 Å². The largest absolute Gasteiger partial charge is 0.301 e. The van der Waals surface area contributed by atoms with E-state index in [2.05, 4.69) is 37.0 Å². The smallest absolute Gasteiger partial charge is 0.188 e. The number of pyridine rings is 1. The van der Waals surface area contributed by atoms with E-state index in [0.29, 0.717) is 18.4 Å². The molecular formula is C10H12N6. The third-order valence-corrected chi connectivity index (χ3v) is 2.85. The highest BCUT2D eigenvalue weighted by Gasteiger charge is 2.22. The zero-order valence-corrected chi connectivity index (χ0v) is 8.72. The predicted octanol–water partition coefficient (Wildman–Crippen LogP) is 0.372. The normalized spacial score (nSPS) is 18.6. The molecule has 16 heavy (non-hydrogen) atoms. The number of nitrogens with one attached hydrogen (secondary N) is 2. The van der Waals surface area contributed by atoms with Gasteiger partial charge in [-0.25, -0.2) is 0 Å². The number of nitrogens with zero attached hydrogens (tertiary/aromatic N) is 4. The van der Waals surface area contributed by atoms with Crippen LogP contribution < -0.4 is 5.32 Å². The van der Waals surface area contributed by atoms with Gasteiger partial charge in [0.2, 0.25) is 0 Å². The van der Waals surface area contributed by atoms with Crippen molar-refractivity contribution in [3.05, 3.63) is 35.4 Å². The van der Waals surface area contributed by atoms with E-state index in [-0.39, 0.29) is 0 Å². The van der Waals surface area contributed by atoms with Gasteiger partial charge in [0, 0.05) is 6.20 Å². The fourth-order valence-corrected chi connectivity index (χ4v) is 2.08. The summed E-state index contributed by atoms with van der Waals surface area (Å²) in [5.41, 5.74) is 2.50. The Morgan fingerprint density at radius 3 is 3.38 bits per heavy atom. The molecule has 1 aliphatic rings. The van der Waals surface area contributed by atoms with Gasteiger partial charge in [-0.1, -0.05) is 11.3 Å². The molecular weight excluding hydrogens is 204 g/mol. The lowest BCUT2D eigenvalue weighted by Crippen LogP contribution is -2.20. The first-order valence-corrected chi connectivity index (χ1v) is 5.33. The molecule has 1 atom stereocenters. The van der Waals surface area contributed by atoms with Gasteiger partial charge in [-0.3, -0.25) is 4.98 Å². The van der Waals surface area contributed by atoms with E-state index >= 15 is 0 Å². The van der Waals surface area contributed by atoms with Crippen LogP contribution in [0.3, 0.4) is 0 Å². The number of hydrogen-bond acceptors (Lipinski definition) is 5. The van der Waals surface area contributed by atoms with Crippen LogP contribution in [0.4, 0.5) is 0 Å². The van der Waals surface area contributed by atoms with Gasteiger partial charge in [-0.2, -0.15) is 5.21 Å². The molecule has 0 aliphatic heterocycles. The maximum absolute atomic E-state index is 4.41. The molecule has 1 unspecified atom stereocenters. The van der Waals surface area contributed by atoms with Gasteiger partial charge in [-0.15, -0.1) is 10.2 Å². The molecule has 0 spiro atoms. The SMILES string of the molecule is c1cnc2c(c1)CCC2NCc1nn[nH]n1. The molecule has 0 saturated heterocycles. The van der Waals surface area contributed by atoms with E-state index in [9.17, 15) is 0 Å². The van der Waals surface area contributed by atoms with E-state index in [1.54, 1.807) is 0 Å². The van der Waals surface area contributed by atoms with E-state index in [0.717, 1.165) is 18.5 Å². The van der Waals surface area contributed by atoms with Crippen molar-refractivity contribution in [3.8, 4) is 0 Å². The summed E-state index contributed by atoms with van der Waals surface area (Å²) in [6.45, 7) is 0.622. The first-order valence-electron chi connectivity index (χ1n) is 5.33. The van der Waals surface area contributed by atoms with Gasteiger partial charge in [-0.05, 0) is 24.5 Å². The Morgan fingerprint density at radius 2 is 2.50 bits per heavy atom. The Balaban J connectivity index is 1.69. The van der Waals surface area contributed by atoms with Crippen molar-refractivity contribution in [1.29, 1.82) is 0 Å². The summed E-state index contributed by atoms with van der Waals surface area (Å²) >= 11 is 0. The molecule has 0 amide bonds. The molecule has 2 N–H and O–H groups in total. The Hall–Kier alpha value is -1.82. The topological polar surface area (TPSA) is 79.4 Å². The van der Waals surface area contributed by atoms with Crippen molar-refractivity contribution in [3.63, 3.8) is 0 Å². The second-order valence-corrected chi connectivity index (χ2v) is 3.85. The van der Waals surface area contributed by atoms with E-state index in [4.69, 9.17) is 0 Å². The number of aromatic nitrogens is 5. The van der Waals surface area contributed by atoms with Crippen molar-refractivity contribution in [2.24, 2.45) is 0 Å². The molecule has 0 fully saturated rings. The Kier molecular flexibility index (Phi) is 2.34. The molecule has 6 nitrogen and oxygen atoms in total. The number of aryl methyl sites for hydroxylation is 1. The average molecular weight is 216 g/mol. The summed E-state index contributed by atoms with van der Waals surface area (Å²) in [6, 6.07) is 4.44. The van der Waals surface area contributed by atoms with Crippen LogP contribution in [-0.4, -0.2) is 25.6 Å². The van der Waals surface area contributed by atoms with Crippen molar-refractivity contribution in [2.75, 3.05) is 0 Å². The molecule has 2 heterocycles. The minimum atomic E-state index is 0.315. The number of H-pyrrole nitrogens is 1. The molecule has 6 heteroatoms. The lowest BCUT2D eigenvalue weighted by atomic mass is 10.2. The quantitative estimate of drug-likeness (QED) is 0.775. The first kappa shape index (κ1) is 9.41. The summed E-state index contributed by atoms with van der Waals surface area (Å²) < 4.78 is 0. The standard InChI is InChI=1S/C10H12N6/c1-2-7-3-4-8(10(7)11-5-1)12-6-9-13-15-16-14-9/h1-2,5,8,12H,3-4,6H2,(H,13,14,15,16). The Labute approximate surface area is 92.5 Å². The summed E-state index contributed by atoms with van der Waals surface area (Å²) in [5, 5.41) is 17.2. The van der Waals surface area contributed by atoms with Crippen LogP contribution in [0.15, 0.2) is 18.3 Å². The third kappa shape index (κ3) is 1.67. The van der Waals surface area contributed by atoms with Crippen molar-refractivity contribution in [2.45, 2.75) is 25.4 Å². The maximum atomic E-state index is 4.41. The van der Waals surface area contributed by atoms with E-state index < -0.39 is 0 Å². The Morgan fingerprint density at radius 1 is 1.50 bits per heavy atom. The molecule has 0 saturated carbocycles. The molecule has 1 aliphatic carbocycles. The third-order valence-electron chi connectivity index (χ3n) is 2.85. The summed E-state index contributed by atoms with van der Waals surface area (Å²) in [6.07, 6.45) is 4.02. The monoisotopic (exact) mass is 216 g/mol. The molecule has 0 aromatic carbocycles. The minimum Gasteiger partial charge on any atom is -0.301 e. The summed E-state index contributed by atoms with van der Waals surface area (Å²) in [7, 11) is 0. The van der Waals surface area contributed by atoms with Crippen LogP contribution in [0.1, 0.15) is 29.5 Å². The maximum Gasteiger partial charge on any atom is 0.188 e.